The summed E-state index contributed by atoms with van der Waals surface area (Å²) in [5, 5.41) is 0. The zero-order valence-corrected chi connectivity index (χ0v) is 11.5. The summed E-state index contributed by atoms with van der Waals surface area (Å²) in [5.41, 5.74) is 2.63. The highest BCUT2D eigenvalue weighted by Gasteiger charge is 2.10. The number of benzene rings is 2. The molecule has 0 saturated carbocycles. The molecule has 2 rings (SSSR count). The van der Waals surface area contributed by atoms with E-state index in [-0.39, 0.29) is 0 Å². The first-order valence-electron chi connectivity index (χ1n) is 6.23. The van der Waals surface area contributed by atoms with Crippen LogP contribution in [0.1, 0.15) is 11.1 Å². The lowest BCUT2D eigenvalue weighted by atomic mass is 9.97. The fourth-order valence-electron chi connectivity index (χ4n) is 2.05. The van der Waals surface area contributed by atoms with Crippen molar-refractivity contribution in [3.05, 3.63) is 65.7 Å². The van der Waals surface area contributed by atoms with Crippen LogP contribution in [0.5, 0.6) is 11.5 Å². The highest BCUT2D eigenvalue weighted by atomic mass is 16.5. The van der Waals surface area contributed by atoms with Gasteiger partial charge in [-0.15, -0.1) is 0 Å². The van der Waals surface area contributed by atoms with Crippen LogP contribution in [-0.2, 0) is 4.79 Å². The molecule has 0 amide bonds. The molecule has 0 fully saturated rings. The van der Waals surface area contributed by atoms with E-state index in [0.717, 1.165) is 34.5 Å². The van der Waals surface area contributed by atoms with Gasteiger partial charge in [-0.25, -0.2) is 0 Å². The van der Waals surface area contributed by atoms with Gasteiger partial charge in [0.15, 0.2) is 0 Å². The van der Waals surface area contributed by atoms with Gasteiger partial charge in [-0.1, -0.05) is 30.3 Å². The molecule has 0 radical (unpaired) electrons. The Kier molecular flexibility index (Phi) is 4.56. The molecular weight excluding hydrogens is 252 g/mol. The Morgan fingerprint density at radius 3 is 2.25 bits per heavy atom. The molecule has 0 aliphatic heterocycles. The number of aldehydes is 1. The van der Waals surface area contributed by atoms with Crippen molar-refractivity contribution in [1.29, 1.82) is 0 Å². The summed E-state index contributed by atoms with van der Waals surface area (Å²) in [6.07, 6.45) is 2.33. The van der Waals surface area contributed by atoms with E-state index in [0.29, 0.717) is 0 Å². The van der Waals surface area contributed by atoms with Crippen LogP contribution in [0.25, 0.3) is 5.57 Å². The molecular formula is C17H16O3. The predicted molar refractivity (Wildman–Crippen MR) is 79.1 cm³/mol. The van der Waals surface area contributed by atoms with Crippen molar-refractivity contribution in [2.24, 2.45) is 0 Å². The molecule has 2 aromatic carbocycles. The van der Waals surface area contributed by atoms with Crippen molar-refractivity contribution in [2.45, 2.75) is 0 Å². The summed E-state index contributed by atoms with van der Waals surface area (Å²) >= 11 is 0. The molecule has 20 heavy (non-hydrogen) atoms. The van der Waals surface area contributed by atoms with Crippen LogP contribution in [0.2, 0.25) is 0 Å². The first-order chi connectivity index (χ1) is 9.80. The van der Waals surface area contributed by atoms with E-state index >= 15 is 0 Å². The largest absolute Gasteiger partial charge is 0.497 e. The van der Waals surface area contributed by atoms with Crippen molar-refractivity contribution < 1.29 is 14.3 Å². The van der Waals surface area contributed by atoms with Crippen molar-refractivity contribution in [3.8, 4) is 11.5 Å². The van der Waals surface area contributed by atoms with Gasteiger partial charge in [0, 0.05) is 5.56 Å². The lowest BCUT2D eigenvalue weighted by Gasteiger charge is -2.12. The zero-order valence-electron chi connectivity index (χ0n) is 11.5. The van der Waals surface area contributed by atoms with Crippen molar-refractivity contribution in [3.63, 3.8) is 0 Å². The van der Waals surface area contributed by atoms with Gasteiger partial charge in [-0.3, -0.25) is 4.79 Å². The lowest BCUT2D eigenvalue weighted by molar-refractivity contribution is -0.104. The predicted octanol–water partition coefficient (Wildman–Crippen LogP) is 3.33. The van der Waals surface area contributed by atoms with Gasteiger partial charge in [0.2, 0.25) is 0 Å². The Morgan fingerprint density at radius 1 is 0.950 bits per heavy atom. The topological polar surface area (TPSA) is 35.5 Å². The Balaban J connectivity index is 2.50. The molecule has 0 N–H and O–H groups in total. The van der Waals surface area contributed by atoms with E-state index < -0.39 is 0 Å². The van der Waals surface area contributed by atoms with E-state index in [2.05, 4.69) is 0 Å². The number of carbonyl (C=O) groups excluding carboxylic acids is 1. The van der Waals surface area contributed by atoms with Crippen LogP contribution in [0.15, 0.2) is 54.6 Å². The molecule has 3 nitrogen and oxygen atoms in total. The number of hydrogen-bond donors (Lipinski definition) is 0. The third-order valence-corrected chi connectivity index (χ3v) is 3.03. The Bertz CT molecular complexity index is 612. The number of hydrogen-bond acceptors (Lipinski definition) is 3. The monoisotopic (exact) mass is 268 g/mol. The molecule has 0 heterocycles. The van der Waals surface area contributed by atoms with Gasteiger partial charge in [-0.2, -0.15) is 0 Å². The number of rotatable bonds is 5. The van der Waals surface area contributed by atoms with Gasteiger partial charge in [0.1, 0.15) is 17.8 Å². The average molecular weight is 268 g/mol. The Hall–Kier alpha value is -2.55. The van der Waals surface area contributed by atoms with E-state index in [1.54, 1.807) is 20.3 Å². The van der Waals surface area contributed by atoms with Gasteiger partial charge >= 0.3 is 0 Å². The fourth-order valence-corrected chi connectivity index (χ4v) is 2.05. The van der Waals surface area contributed by atoms with E-state index in [9.17, 15) is 4.79 Å². The molecule has 0 aliphatic rings. The van der Waals surface area contributed by atoms with Crippen LogP contribution in [0.3, 0.4) is 0 Å². The number of carbonyl (C=O) groups is 1. The average Bonchev–Trinajstić information content (AvgIpc) is 2.53. The fraction of sp³-hybridized carbons (Fsp3) is 0.118. The molecule has 0 aliphatic carbocycles. The first kappa shape index (κ1) is 13.9. The number of para-hydroxylation sites is 1. The summed E-state index contributed by atoms with van der Waals surface area (Å²) in [5.74, 6) is 1.51. The number of ether oxygens (including phenoxy) is 2. The van der Waals surface area contributed by atoms with Gasteiger partial charge in [0.05, 0.1) is 14.2 Å². The quantitative estimate of drug-likeness (QED) is 0.616. The Labute approximate surface area is 118 Å². The molecule has 3 heteroatoms. The smallest absolute Gasteiger partial charge is 0.143 e. The van der Waals surface area contributed by atoms with Crippen LogP contribution >= 0.6 is 0 Å². The van der Waals surface area contributed by atoms with Crippen LogP contribution in [0.4, 0.5) is 0 Å². The summed E-state index contributed by atoms with van der Waals surface area (Å²) in [7, 11) is 3.24. The molecule has 102 valence electrons. The van der Waals surface area contributed by atoms with E-state index in [4.69, 9.17) is 9.47 Å². The third-order valence-electron chi connectivity index (χ3n) is 3.03. The number of methoxy groups -OCH3 is 2. The van der Waals surface area contributed by atoms with Gasteiger partial charge in [0.25, 0.3) is 0 Å². The summed E-state index contributed by atoms with van der Waals surface area (Å²) in [6, 6.07) is 15.2. The van der Waals surface area contributed by atoms with E-state index in [1.807, 2.05) is 48.5 Å². The van der Waals surface area contributed by atoms with Gasteiger partial charge < -0.3 is 9.47 Å². The molecule has 0 aromatic heterocycles. The van der Waals surface area contributed by atoms with E-state index in [1.165, 1.54) is 0 Å². The normalized spacial score (nSPS) is 11.0. The van der Waals surface area contributed by atoms with Crippen LogP contribution in [-0.4, -0.2) is 20.5 Å². The van der Waals surface area contributed by atoms with Crippen molar-refractivity contribution in [2.75, 3.05) is 14.2 Å². The maximum absolute atomic E-state index is 10.9. The SMILES string of the molecule is COc1ccc(C(=CC=O)c2ccccc2OC)cc1. The minimum atomic E-state index is 0.733. The van der Waals surface area contributed by atoms with Crippen molar-refractivity contribution >= 4 is 11.9 Å². The number of allylic oxidation sites excluding steroid dienone is 1. The first-order valence-corrected chi connectivity index (χ1v) is 6.23. The molecule has 0 unspecified atom stereocenters. The molecule has 0 bridgehead atoms. The zero-order chi connectivity index (χ0) is 14.4. The third kappa shape index (κ3) is 2.88. The second-order valence-corrected chi connectivity index (χ2v) is 4.15. The maximum Gasteiger partial charge on any atom is 0.143 e. The minimum Gasteiger partial charge on any atom is -0.497 e. The van der Waals surface area contributed by atoms with Crippen LogP contribution < -0.4 is 9.47 Å². The van der Waals surface area contributed by atoms with Crippen LogP contribution in [0, 0.1) is 0 Å². The molecule has 0 saturated heterocycles. The van der Waals surface area contributed by atoms with Gasteiger partial charge in [-0.05, 0) is 35.4 Å². The summed E-state index contributed by atoms with van der Waals surface area (Å²) in [4.78, 5) is 10.9. The summed E-state index contributed by atoms with van der Waals surface area (Å²) in [6.45, 7) is 0. The maximum atomic E-state index is 10.9. The Morgan fingerprint density at radius 2 is 1.65 bits per heavy atom. The standard InChI is InChI=1S/C17H16O3/c1-19-14-9-7-13(8-10-14)15(11-12-18)16-5-3-4-6-17(16)20-2/h3-12H,1-2H3. The highest BCUT2D eigenvalue weighted by molar-refractivity contribution is 5.91. The lowest BCUT2D eigenvalue weighted by Crippen LogP contribution is -1.94. The molecule has 2 aromatic rings. The molecule has 0 spiro atoms. The second-order valence-electron chi connectivity index (χ2n) is 4.15. The highest BCUT2D eigenvalue weighted by Crippen LogP contribution is 2.31. The van der Waals surface area contributed by atoms with Crippen molar-refractivity contribution in [1.82, 2.24) is 0 Å². The molecule has 0 atom stereocenters. The summed E-state index contributed by atoms with van der Waals surface area (Å²) < 4.78 is 10.5. The second kappa shape index (κ2) is 6.57. The minimum absolute atomic E-state index is 0.733.